The number of aromatic nitrogens is 2. The number of hydrogen-bond acceptors (Lipinski definition) is 5. The molecule has 6 nitrogen and oxygen atoms in total. The summed E-state index contributed by atoms with van der Waals surface area (Å²) < 4.78 is 0. The number of nitrogen functional groups attached to an aromatic ring is 1. The number of amides is 1. The monoisotopic (exact) mass is 343 g/mol. The first-order valence-corrected chi connectivity index (χ1v) is 6.68. The van der Waals surface area contributed by atoms with Crippen molar-refractivity contribution >= 4 is 52.7 Å². The van der Waals surface area contributed by atoms with Gasteiger partial charge in [-0.1, -0.05) is 34.8 Å². The van der Waals surface area contributed by atoms with E-state index in [9.17, 15) is 4.79 Å². The highest BCUT2D eigenvalue weighted by atomic mass is 35.5. The summed E-state index contributed by atoms with van der Waals surface area (Å²) in [6, 6.07) is 6.34. The van der Waals surface area contributed by atoms with Gasteiger partial charge >= 0.3 is 0 Å². The van der Waals surface area contributed by atoms with E-state index >= 15 is 0 Å². The van der Waals surface area contributed by atoms with Gasteiger partial charge < -0.3 is 5.73 Å². The first-order valence-electron chi connectivity index (χ1n) is 5.55. The molecular formula is C12H8Cl3N5O. The van der Waals surface area contributed by atoms with Crippen molar-refractivity contribution in [3.05, 3.63) is 50.9 Å². The van der Waals surface area contributed by atoms with Crippen LogP contribution in [0, 0.1) is 0 Å². The van der Waals surface area contributed by atoms with Crippen molar-refractivity contribution in [1.82, 2.24) is 15.4 Å². The van der Waals surface area contributed by atoms with Crippen LogP contribution in [0.3, 0.4) is 0 Å². The molecule has 108 valence electrons. The zero-order chi connectivity index (χ0) is 15.4. The number of hydrazone groups is 1. The minimum absolute atomic E-state index is 0.00323. The summed E-state index contributed by atoms with van der Waals surface area (Å²) in [6.07, 6.45) is 1.22. The fraction of sp³-hybridized carbons (Fsp3) is 0. The summed E-state index contributed by atoms with van der Waals surface area (Å²) >= 11 is 17.1. The molecule has 0 aliphatic carbocycles. The van der Waals surface area contributed by atoms with Gasteiger partial charge in [-0.3, -0.25) is 4.79 Å². The Labute approximate surface area is 134 Å². The molecule has 0 spiro atoms. The highest BCUT2D eigenvalue weighted by molar-refractivity contribution is 6.40. The van der Waals surface area contributed by atoms with Crippen molar-refractivity contribution in [2.75, 3.05) is 5.73 Å². The second-order valence-electron chi connectivity index (χ2n) is 3.78. The number of anilines is 1. The van der Waals surface area contributed by atoms with E-state index in [-0.39, 0.29) is 21.8 Å². The standard InChI is InChI=1S/C12H8Cl3N5O/c13-7-3-1-6(2-4-7)12(21)20-17-5-8-11(16)19-10(15)9(14)18-8/h1-5H,(H2,16,19)(H,20,21)/b17-5-. The predicted octanol–water partition coefficient (Wildman–Crippen LogP) is 2.78. The number of nitrogens with zero attached hydrogens (tertiary/aromatic N) is 3. The Morgan fingerprint density at radius 1 is 1.14 bits per heavy atom. The van der Waals surface area contributed by atoms with E-state index in [1.165, 1.54) is 6.21 Å². The Morgan fingerprint density at radius 3 is 2.43 bits per heavy atom. The second-order valence-corrected chi connectivity index (χ2v) is 4.93. The maximum Gasteiger partial charge on any atom is 0.271 e. The van der Waals surface area contributed by atoms with Crippen LogP contribution < -0.4 is 11.2 Å². The van der Waals surface area contributed by atoms with Crippen LogP contribution in [0.5, 0.6) is 0 Å². The van der Waals surface area contributed by atoms with Gasteiger partial charge in [0.15, 0.2) is 16.1 Å². The first kappa shape index (κ1) is 15.5. The maximum atomic E-state index is 11.8. The number of hydrogen-bond donors (Lipinski definition) is 2. The van der Waals surface area contributed by atoms with Gasteiger partial charge in [-0.05, 0) is 24.3 Å². The smallest absolute Gasteiger partial charge is 0.271 e. The Kier molecular flexibility index (Phi) is 4.95. The van der Waals surface area contributed by atoms with Gasteiger partial charge in [0.2, 0.25) is 0 Å². The summed E-state index contributed by atoms with van der Waals surface area (Å²) in [5.41, 5.74) is 8.52. The molecule has 1 amide bonds. The number of benzene rings is 1. The summed E-state index contributed by atoms with van der Waals surface area (Å²) in [4.78, 5) is 19.4. The van der Waals surface area contributed by atoms with Gasteiger partial charge in [-0.25, -0.2) is 15.4 Å². The molecule has 9 heteroatoms. The SMILES string of the molecule is Nc1nc(Cl)c(Cl)nc1/C=N\NC(=O)c1ccc(Cl)cc1. The van der Waals surface area contributed by atoms with E-state index in [4.69, 9.17) is 40.5 Å². The number of carbonyl (C=O) groups excluding carboxylic acids is 1. The highest BCUT2D eigenvalue weighted by Gasteiger charge is 2.07. The average Bonchev–Trinajstić information content (AvgIpc) is 2.45. The van der Waals surface area contributed by atoms with Gasteiger partial charge in [-0.2, -0.15) is 5.10 Å². The van der Waals surface area contributed by atoms with Crippen molar-refractivity contribution < 1.29 is 4.79 Å². The van der Waals surface area contributed by atoms with Crippen LogP contribution >= 0.6 is 34.8 Å². The molecule has 0 atom stereocenters. The zero-order valence-electron chi connectivity index (χ0n) is 10.3. The lowest BCUT2D eigenvalue weighted by Crippen LogP contribution is -2.17. The van der Waals surface area contributed by atoms with Crippen LogP contribution in [0.1, 0.15) is 16.1 Å². The Hall–Kier alpha value is -1.89. The molecule has 1 aromatic carbocycles. The molecule has 0 aliphatic heterocycles. The quantitative estimate of drug-likeness (QED) is 0.661. The molecule has 0 saturated carbocycles. The van der Waals surface area contributed by atoms with Gasteiger partial charge in [0, 0.05) is 10.6 Å². The molecule has 21 heavy (non-hydrogen) atoms. The van der Waals surface area contributed by atoms with E-state index in [2.05, 4.69) is 20.5 Å². The van der Waals surface area contributed by atoms with Crippen molar-refractivity contribution in [2.24, 2.45) is 5.10 Å². The molecule has 0 unspecified atom stereocenters. The number of nitrogens with two attached hydrogens (primary N) is 1. The summed E-state index contributed by atoms with van der Waals surface area (Å²) in [5, 5.41) is 4.26. The number of rotatable bonds is 3. The van der Waals surface area contributed by atoms with E-state index < -0.39 is 5.91 Å². The predicted molar refractivity (Wildman–Crippen MR) is 83.0 cm³/mol. The molecule has 0 saturated heterocycles. The Morgan fingerprint density at radius 2 is 1.76 bits per heavy atom. The molecule has 3 N–H and O–H groups in total. The third-order valence-electron chi connectivity index (χ3n) is 2.33. The lowest BCUT2D eigenvalue weighted by atomic mass is 10.2. The van der Waals surface area contributed by atoms with Crippen molar-refractivity contribution in [1.29, 1.82) is 0 Å². The minimum atomic E-state index is -0.408. The summed E-state index contributed by atoms with van der Waals surface area (Å²) in [6.45, 7) is 0. The van der Waals surface area contributed by atoms with E-state index in [1.54, 1.807) is 24.3 Å². The van der Waals surface area contributed by atoms with Crippen LogP contribution in [-0.4, -0.2) is 22.1 Å². The topological polar surface area (TPSA) is 93.3 Å². The van der Waals surface area contributed by atoms with Crippen LogP contribution in [0.15, 0.2) is 29.4 Å². The fourth-order valence-electron chi connectivity index (χ4n) is 1.33. The third-order valence-corrected chi connectivity index (χ3v) is 3.20. The lowest BCUT2D eigenvalue weighted by molar-refractivity contribution is 0.0955. The largest absolute Gasteiger partial charge is 0.382 e. The van der Waals surface area contributed by atoms with Gasteiger partial charge in [0.05, 0.1) is 6.21 Å². The molecule has 1 aromatic heterocycles. The molecule has 0 aliphatic rings. The zero-order valence-corrected chi connectivity index (χ0v) is 12.6. The average molecular weight is 345 g/mol. The molecule has 0 fully saturated rings. The normalized spacial score (nSPS) is 10.8. The van der Waals surface area contributed by atoms with Gasteiger partial charge in [-0.15, -0.1) is 0 Å². The molecule has 2 aromatic rings. The summed E-state index contributed by atoms with van der Waals surface area (Å²) in [7, 11) is 0. The Balaban J connectivity index is 2.07. The van der Waals surface area contributed by atoms with E-state index in [1.807, 2.05) is 0 Å². The first-order chi connectivity index (χ1) is 9.97. The third kappa shape index (κ3) is 4.04. The van der Waals surface area contributed by atoms with Crippen molar-refractivity contribution in [3.63, 3.8) is 0 Å². The molecular weight excluding hydrogens is 337 g/mol. The van der Waals surface area contributed by atoms with Gasteiger partial charge in [0.25, 0.3) is 5.91 Å². The van der Waals surface area contributed by atoms with Crippen LogP contribution in [0.2, 0.25) is 15.3 Å². The lowest BCUT2D eigenvalue weighted by Gasteiger charge is -2.02. The second kappa shape index (κ2) is 6.71. The van der Waals surface area contributed by atoms with Gasteiger partial charge in [0.1, 0.15) is 5.69 Å². The molecule has 1 heterocycles. The molecule has 2 rings (SSSR count). The van der Waals surface area contributed by atoms with E-state index in [0.29, 0.717) is 10.6 Å². The van der Waals surface area contributed by atoms with Crippen molar-refractivity contribution in [2.45, 2.75) is 0 Å². The van der Waals surface area contributed by atoms with E-state index in [0.717, 1.165) is 0 Å². The number of carbonyl (C=O) groups is 1. The Bertz CT molecular complexity index is 703. The maximum absolute atomic E-state index is 11.8. The minimum Gasteiger partial charge on any atom is -0.382 e. The summed E-state index contributed by atoms with van der Waals surface area (Å²) in [5.74, 6) is -0.358. The molecule has 0 bridgehead atoms. The van der Waals surface area contributed by atoms with Crippen LogP contribution in [0.25, 0.3) is 0 Å². The number of halogens is 3. The highest BCUT2D eigenvalue weighted by Crippen LogP contribution is 2.19. The van der Waals surface area contributed by atoms with Crippen LogP contribution in [0.4, 0.5) is 5.82 Å². The molecule has 0 radical (unpaired) electrons. The fourth-order valence-corrected chi connectivity index (χ4v) is 1.72. The van der Waals surface area contributed by atoms with Crippen LogP contribution in [-0.2, 0) is 0 Å². The van der Waals surface area contributed by atoms with Crippen molar-refractivity contribution in [3.8, 4) is 0 Å². The number of nitrogens with one attached hydrogen (secondary N) is 1.